The van der Waals surface area contributed by atoms with Crippen molar-refractivity contribution in [1.82, 2.24) is 0 Å². The molecule has 2 aromatic rings. The molecule has 0 heterocycles. The highest BCUT2D eigenvalue weighted by molar-refractivity contribution is 5.76. The van der Waals surface area contributed by atoms with Crippen molar-refractivity contribution in [3.8, 4) is 11.5 Å². The molecule has 0 amide bonds. The molecule has 2 aromatic carbocycles. The molecule has 3 nitrogen and oxygen atoms in total. The van der Waals surface area contributed by atoms with Crippen LogP contribution in [-0.4, -0.2) is 11.4 Å². The number of hydrogen-bond donors (Lipinski definition) is 1. The van der Waals surface area contributed by atoms with E-state index in [-0.39, 0.29) is 5.75 Å². The molecule has 110 valence electrons. The second-order valence-corrected chi connectivity index (χ2v) is 5.17. The van der Waals surface area contributed by atoms with Crippen LogP contribution in [0.3, 0.4) is 0 Å². The van der Waals surface area contributed by atoms with Crippen LogP contribution in [0.1, 0.15) is 39.5 Å². The molecule has 0 aliphatic heterocycles. The lowest BCUT2D eigenvalue weighted by molar-refractivity contribution is 0.112. The average Bonchev–Trinajstić information content (AvgIpc) is 2.46. The van der Waals surface area contributed by atoms with Gasteiger partial charge in [-0.3, -0.25) is 4.79 Å². The highest BCUT2D eigenvalue weighted by atomic mass is 16.5. The fourth-order valence-electron chi connectivity index (χ4n) is 2.46. The molecule has 0 aliphatic carbocycles. The molecule has 0 atom stereocenters. The average molecular weight is 284 g/mol. The Labute approximate surface area is 125 Å². The molecule has 0 aliphatic rings. The van der Waals surface area contributed by atoms with Gasteiger partial charge in [-0.05, 0) is 54.7 Å². The molecule has 0 aromatic heterocycles. The number of carbonyl (C=O) groups is 1. The minimum absolute atomic E-state index is 0.0327. The van der Waals surface area contributed by atoms with Gasteiger partial charge >= 0.3 is 0 Å². The Kier molecular flexibility index (Phi) is 4.63. The standard InChI is InChI=1S/C18H20O3/c1-4-15-6-5-12(2)18(13(15)3)11-21-17-8-14(10-19)7-16(20)9-17/h5-10,20H,4,11H2,1-3H3. The Morgan fingerprint density at radius 2 is 1.95 bits per heavy atom. The van der Waals surface area contributed by atoms with Crippen molar-refractivity contribution in [3.63, 3.8) is 0 Å². The number of rotatable bonds is 5. The van der Waals surface area contributed by atoms with Gasteiger partial charge in [-0.2, -0.15) is 0 Å². The van der Waals surface area contributed by atoms with Gasteiger partial charge in [0.1, 0.15) is 24.4 Å². The van der Waals surface area contributed by atoms with Gasteiger partial charge in [0.25, 0.3) is 0 Å². The molecule has 0 saturated carbocycles. The van der Waals surface area contributed by atoms with Crippen molar-refractivity contribution >= 4 is 6.29 Å². The van der Waals surface area contributed by atoms with Crippen LogP contribution in [-0.2, 0) is 13.0 Å². The van der Waals surface area contributed by atoms with Gasteiger partial charge < -0.3 is 9.84 Å². The Morgan fingerprint density at radius 1 is 1.19 bits per heavy atom. The van der Waals surface area contributed by atoms with Gasteiger partial charge in [0, 0.05) is 11.6 Å². The van der Waals surface area contributed by atoms with Crippen molar-refractivity contribution in [2.75, 3.05) is 0 Å². The van der Waals surface area contributed by atoms with Crippen molar-refractivity contribution in [2.24, 2.45) is 0 Å². The van der Waals surface area contributed by atoms with Crippen LogP contribution < -0.4 is 4.74 Å². The van der Waals surface area contributed by atoms with Crippen molar-refractivity contribution in [2.45, 2.75) is 33.8 Å². The van der Waals surface area contributed by atoms with Crippen LogP contribution in [0.4, 0.5) is 0 Å². The number of hydrogen-bond acceptors (Lipinski definition) is 3. The van der Waals surface area contributed by atoms with Gasteiger partial charge in [0.15, 0.2) is 0 Å². The highest BCUT2D eigenvalue weighted by Crippen LogP contribution is 2.24. The first kappa shape index (κ1) is 15.1. The molecule has 2 rings (SSSR count). The van der Waals surface area contributed by atoms with E-state index in [9.17, 15) is 9.90 Å². The minimum Gasteiger partial charge on any atom is -0.508 e. The number of ether oxygens (including phenoxy) is 1. The maximum atomic E-state index is 10.8. The molecule has 0 unspecified atom stereocenters. The number of aryl methyl sites for hydroxylation is 2. The monoisotopic (exact) mass is 284 g/mol. The number of aldehydes is 1. The number of phenolic OH excluding ortho intramolecular Hbond substituents is 1. The molecule has 3 heteroatoms. The molecule has 0 saturated heterocycles. The number of benzene rings is 2. The van der Waals surface area contributed by atoms with E-state index >= 15 is 0 Å². The molecule has 0 bridgehead atoms. The molecule has 0 fully saturated rings. The second kappa shape index (κ2) is 6.44. The summed E-state index contributed by atoms with van der Waals surface area (Å²) in [5.41, 5.74) is 5.29. The highest BCUT2D eigenvalue weighted by Gasteiger charge is 2.08. The van der Waals surface area contributed by atoms with Crippen LogP contribution in [0.5, 0.6) is 11.5 Å². The van der Waals surface area contributed by atoms with E-state index in [2.05, 4.69) is 32.9 Å². The zero-order valence-electron chi connectivity index (χ0n) is 12.6. The van der Waals surface area contributed by atoms with E-state index in [1.807, 2.05) is 0 Å². The minimum atomic E-state index is 0.0327. The molecule has 21 heavy (non-hydrogen) atoms. The zero-order chi connectivity index (χ0) is 15.4. The van der Waals surface area contributed by atoms with E-state index in [1.165, 1.54) is 28.8 Å². The number of carbonyl (C=O) groups excluding carboxylic acids is 1. The molecule has 1 N–H and O–H groups in total. The number of phenols is 1. The summed E-state index contributed by atoms with van der Waals surface area (Å²) < 4.78 is 5.76. The van der Waals surface area contributed by atoms with E-state index < -0.39 is 0 Å². The third kappa shape index (κ3) is 3.43. The second-order valence-electron chi connectivity index (χ2n) is 5.17. The zero-order valence-corrected chi connectivity index (χ0v) is 12.6. The summed E-state index contributed by atoms with van der Waals surface area (Å²) in [4.78, 5) is 10.8. The topological polar surface area (TPSA) is 46.5 Å². The third-order valence-electron chi connectivity index (χ3n) is 3.76. The van der Waals surface area contributed by atoms with Gasteiger partial charge in [-0.15, -0.1) is 0 Å². The molecular formula is C18H20O3. The summed E-state index contributed by atoms with van der Waals surface area (Å²) in [6, 6.07) is 8.80. The Hall–Kier alpha value is -2.29. The summed E-state index contributed by atoms with van der Waals surface area (Å²) in [6.45, 7) is 6.72. The normalized spacial score (nSPS) is 10.4. The predicted molar refractivity (Wildman–Crippen MR) is 83.1 cm³/mol. The van der Waals surface area contributed by atoms with E-state index in [0.29, 0.717) is 24.2 Å². The Bertz CT molecular complexity index is 660. The molecular weight excluding hydrogens is 264 g/mol. The maximum absolute atomic E-state index is 10.8. The Balaban J connectivity index is 2.24. The van der Waals surface area contributed by atoms with E-state index in [4.69, 9.17) is 4.74 Å². The summed E-state index contributed by atoms with van der Waals surface area (Å²) in [5.74, 6) is 0.531. The summed E-state index contributed by atoms with van der Waals surface area (Å²) in [6.07, 6.45) is 1.68. The van der Waals surface area contributed by atoms with Gasteiger partial charge in [-0.1, -0.05) is 19.1 Å². The summed E-state index contributed by atoms with van der Waals surface area (Å²) in [7, 11) is 0. The van der Waals surface area contributed by atoms with Gasteiger partial charge in [-0.25, -0.2) is 0 Å². The van der Waals surface area contributed by atoms with Crippen LogP contribution in [0.25, 0.3) is 0 Å². The lowest BCUT2D eigenvalue weighted by atomic mass is 9.97. The largest absolute Gasteiger partial charge is 0.508 e. The van der Waals surface area contributed by atoms with Crippen molar-refractivity contribution in [3.05, 3.63) is 58.1 Å². The lowest BCUT2D eigenvalue weighted by Crippen LogP contribution is -2.03. The molecule has 0 spiro atoms. The van der Waals surface area contributed by atoms with Crippen LogP contribution in [0.2, 0.25) is 0 Å². The Morgan fingerprint density at radius 3 is 2.62 bits per heavy atom. The van der Waals surface area contributed by atoms with Crippen molar-refractivity contribution in [1.29, 1.82) is 0 Å². The fourth-order valence-corrected chi connectivity index (χ4v) is 2.46. The van der Waals surface area contributed by atoms with E-state index in [0.717, 1.165) is 12.0 Å². The number of aromatic hydroxyl groups is 1. The van der Waals surface area contributed by atoms with Crippen LogP contribution >= 0.6 is 0 Å². The lowest BCUT2D eigenvalue weighted by Gasteiger charge is -2.15. The fraction of sp³-hybridized carbons (Fsp3) is 0.278. The van der Waals surface area contributed by atoms with Crippen LogP contribution in [0, 0.1) is 13.8 Å². The molecule has 0 radical (unpaired) electrons. The summed E-state index contributed by atoms with van der Waals surface area (Å²) >= 11 is 0. The van der Waals surface area contributed by atoms with E-state index in [1.54, 1.807) is 6.07 Å². The van der Waals surface area contributed by atoms with Crippen molar-refractivity contribution < 1.29 is 14.6 Å². The first-order valence-electron chi connectivity index (χ1n) is 7.05. The smallest absolute Gasteiger partial charge is 0.150 e. The van der Waals surface area contributed by atoms with Crippen LogP contribution in [0.15, 0.2) is 30.3 Å². The first-order valence-corrected chi connectivity index (χ1v) is 7.05. The predicted octanol–water partition coefficient (Wildman–Crippen LogP) is 3.96. The summed E-state index contributed by atoms with van der Waals surface area (Å²) in [5, 5.41) is 9.57. The third-order valence-corrected chi connectivity index (χ3v) is 3.76. The first-order chi connectivity index (χ1) is 10.0. The quantitative estimate of drug-likeness (QED) is 0.845. The maximum Gasteiger partial charge on any atom is 0.150 e. The SMILES string of the molecule is CCc1ccc(C)c(COc2cc(O)cc(C=O)c2)c1C. The van der Waals surface area contributed by atoms with Gasteiger partial charge in [0.2, 0.25) is 0 Å². The van der Waals surface area contributed by atoms with Gasteiger partial charge in [0.05, 0.1) is 0 Å².